The van der Waals surface area contributed by atoms with Crippen molar-refractivity contribution in [1.82, 2.24) is 0 Å². The van der Waals surface area contributed by atoms with Gasteiger partial charge in [0.2, 0.25) is 0 Å². The molecular weight excluding hydrogens is 294 g/mol. The molecule has 0 saturated carbocycles. The summed E-state index contributed by atoms with van der Waals surface area (Å²) in [5.41, 5.74) is 2.99. The fourth-order valence-corrected chi connectivity index (χ4v) is 2.11. The van der Waals surface area contributed by atoms with Gasteiger partial charge in [-0.3, -0.25) is 9.59 Å². The van der Waals surface area contributed by atoms with E-state index in [1.165, 1.54) is 7.11 Å². The third-order valence-electron chi connectivity index (χ3n) is 3.55. The molecule has 0 atom stereocenters. The Morgan fingerprint density at radius 2 is 1.96 bits per heavy atom. The molecular formula is C18H19NO4. The maximum atomic E-state index is 12.1. The molecule has 2 rings (SSSR count). The summed E-state index contributed by atoms with van der Waals surface area (Å²) in [4.78, 5) is 22.9. The third-order valence-corrected chi connectivity index (χ3v) is 3.55. The van der Waals surface area contributed by atoms with E-state index in [-0.39, 0.29) is 12.5 Å². The van der Waals surface area contributed by atoms with Crippen molar-refractivity contribution in [3.8, 4) is 11.5 Å². The number of amides is 1. The fraction of sp³-hybridized carbons (Fsp3) is 0.222. The zero-order valence-corrected chi connectivity index (χ0v) is 13.4. The van der Waals surface area contributed by atoms with Gasteiger partial charge in [0.15, 0.2) is 6.61 Å². The van der Waals surface area contributed by atoms with Crippen LogP contribution in [-0.4, -0.2) is 25.9 Å². The van der Waals surface area contributed by atoms with Crippen LogP contribution in [0.5, 0.6) is 11.5 Å². The average molecular weight is 313 g/mol. The van der Waals surface area contributed by atoms with Gasteiger partial charge >= 0.3 is 0 Å². The fourth-order valence-electron chi connectivity index (χ4n) is 2.11. The molecule has 0 aliphatic carbocycles. The molecule has 0 bridgehead atoms. The Hall–Kier alpha value is -2.82. The number of aldehydes is 1. The predicted octanol–water partition coefficient (Wildman–Crippen LogP) is 3.14. The van der Waals surface area contributed by atoms with Crippen LogP contribution in [0.25, 0.3) is 0 Å². The molecule has 2 aromatic carbocycles. The number of hydrogen-bond donors (Lipinski definition) is 1. The summed E-state index contributed by atoms with van der Waals surface area (Å²) in [6.07, 6.45) is 0.710. The van der Waals surface area contributed by atoms with Crippen LogP contribution in [0, 0.1) is 13.8 Å². The molecule has 0 saturated heterocycles. The van der Waals surface area contributed by atoms with Crippen molar-refractivity contribution in [1.29, 1.82) is 0 Å². The molecule has 1 amide bonds. The lowest BCUT2D eigenvalue weighted by Gasteiger charge is -2.13. The summed E-state index contributed by atoms with van der Waals surface area (Å²) in [5, 5.41) is 2.69. The van der Waals surface area contributed by atoms with Crippen molar-refractivity contribution in [2.75, 3.05) is 19.0 Å². The molecule has 23 heavy (non-hydrogen) atoms. The number of methoxy groups -OCH3 is 1. The van der Waals surface area contributed by atoms with Gasteiger partial charge in [0.1, 0.15) is 17.8 Å². The molecule has 0 aliphatic heterocycles. The molecule has 5 heteroatoms. The highest BCUT2D eigenvalue weighted by Gasteiger charge is 2.10. The van der Waals surface area contributed by atoms with E-state index in [2.05, 4.69) is 5.32 Å². The van der Waals surface area contributed by atoms with Gasteiger partial charge < -0.3 is 14.8 Å². The van der Waals surface area contributed by atoms with Crippen LogP contribution >= 0.6 is 0 Å². The van der Waals surface area contributed by atoms with E-state index in [0.717, 1.165) is 11.1 Å². The number of aryl methyl sites for hydroxylation is 1. The number of rotatable bonds is 6. The molecule has 120 valence electrons. The predicted molar refractivity (Wildman–Crippen MR) is 88.4 cm³/mol. The Bertz CT molecular complexity index is 725. The Balaban J connectivity index is 2.05. The zero-order chi connectivity index (χ0) is 16.8. The van der Waals surface area contributed by atoms with Crippen molar-refractivity contribution < 1.29 is 19.1 Å². The van der Waals surface area contributed by atoms with Gasteiger partial charge in [-0.05, 0) is 49.2 Å². The second kappa shape index (κ2) is 7.45. The minimum atomic E-state index is -0.327. The van der Waals surface area contributed by atoms with Crippen LogP contribution in [-0.2, 0) is 4.79 Å². The first-order valence-electron chi connectivity index (χ1n) is 7.17. The van der Waals surface area contributed by atoms with Crippen molar-refractivity contribution in [3.63, 3.8) is 0 Å². The van der Waals surface area contributed by atoms with Gasteiger partial charge in [-0.15, -0.1) is 0 Å². The molecule has 0 unspecified atom stereocenters. The molecule has 2 aromatic rings. The summed E-state index contributed by atoms with van der Waals surface area (Å²) in [6, 6.07) is 10.5. The summed E-state index contributed by atoms with van der Waals surface area (Å²) < 4.78 is 10.7. The molecule has 0 aromatic heterocycles. The van der Waals surface area contributed by atoms with E-state index < -0.39 is 0 Å². The average Bonchev–Trinajstić information content (AvgIpc) is 2.56. The highest BCUT2D eigenvalue weighted by atomic mass is 16.5. The Morgan fingerprint density at radius 3 is 2.65 bits per heavy atom. The quantitative estimate of drug-likeness (QED) is 0.832. The Morgan fingerprint density at radius 1 is 1.17 bits per heavy atom. The van der Waals surface area contributed by atoms with Crippen LogP contribution in [0.2, 0.25) is 0 Å². The highest BCUT2D eigenvalue weighted by molar-refractivity contribution is 5.94. The van der Waals surface area contributed by atoms with E-state index in [4.69, 9.17) is 9.47 Å². The minimum absolute atomic E-state index is 0.126. The highest BCUT2D eigenvalue weighted by Crippen LogP contribution is 2.25. The summed E-state index contributed by atoms with van der Waals surface area (Å²) in [7, 11) is 1.50. The number of carbonyl (C=O) groups is 2. The minimum Gasteiger partial charge on any atom is -0.495 e. The van der Waals surface area contributed by atoms with E-state index in [9.17, 15) is 9.59 Å². The number of benzene rings is 2. The van der Waals surface area contributed by atoms with Crippen LogP contribution in [0.3, 0.4) is 0 Å². The number of nitrogens with one attached hydrogen (secondary N) is 1. The molecule has 0 fully saturated rings. The lowest BCUT2D eigenvalue weighted by Crippen LogP contribution is -2.21. The van der Waals surface area contributed by atoms with E-state index in [1.54, 1.807) is 18.2 Å². The van der Waals surface area contributed by atoms with Gasteiger partial charge in [-0.1, -0.05) is 12.1 Å². The van der Waals surface area contributed by atoms with E-state index in [1.807, 2.05) is 32.0 Å². The van der Waals surface area contributed by atoms with Crippen molar-refractivity contribution >= 4 is 17.9 Å². The smallest absolute Gasteiger partial charge is 0.262 e. The maximum Gasteiger partial charge on any atom is 0.262 e. The molecule has 5 nitrogen and oxygen atoms in total. The first kappa shape index (κ1) is 16.5. The third kappa shape index (κ3) is 4.10. The van der Waals surface area contributed by atoms with Crippen LogP contribution in [0.15, 0.2) is 36.4 Å². The number of carbonyl (C=O) groups excluding carboxylic acids is 2. The second-order valence-corrected chi connectivity index (χ2v) is 5.11. The lowest BCUT2D eigenvalue weighted by molar-refractivity contribution is -0.118. The van der Waals surface area contributed by atoms with Crippen molar-refractivity contribution in [2.24, 2.45) is 0 Å². The zero-order valence-electron chi connectivity index (χ0n) is 13.4. The van der Waals surface area contributed by atoms with Crippen molar-refractivity contribution in [2.45, 2.75) is 13.8 Å². The molecule has 1 N–H and O–H groups in total. The van der Waals surface area contributed by atoms with Gasteiger partial charge in [0.25, 0.3) is 5.91 Å². The molecule has 0 aliphatic rings. The Labute approximate surface area is 135 Å². The molecule has 0 spiro atoms. The van der Waals surface area contributed by atoms with Crippen LogP contribution in [0.1, 0.15) is 21.5 Å². The van der Waals surface area contributed by atoms with Gasteiger partial charge in [0, 0.05) is 5.56 Å². The van der Waals surface area contributed by atoms with Crippen LogP contribution < -0.4 is 14.8 Å². The maximum absolute atomic E-state index is 12.1. The standard InChI is InChI=1S/C18H19NO4/c1-12-5-4-6-16(13(12)2)23-11-18(21)19-15-9-14(10-20)7-8-17(15)22-3/h4-10H,11H2,1-3H3,(H,19,21). The largest absolute Gasteiger partial charge is 0.495 e. The lowest BCUT2D eigenvalue weighted by atomic mass is 10.1. The van der Waals surface area contributed by atoms with Gasteiger partial charge in [-0.2, -0.15) is 0 Å². The SMILES string of the molecule is COc1ccc(C=O)cc1NC(=O)COc1cccc(C)c1C. The second-order valence-electron chi connectivity index (χ2n) is 5.11. The first-order chi connectivity index (χ1) is 11.0. The summed E-state index contributed by atoms with van der Waals surface area (Å²) in [5.74, 6) is 0.830. The Kier molecular flexibility index (Phi) is 5.36. The first-order valence-corrected chi connectivity index (χ1v) is 7.17. The monoisotopic (exact) mass is 313 g/mol. The van der Waals surface area contributed by atoms with Crippen LogP contribution in [0.4, 0.5) is 5.69 Å². The number of ether oxygens (including phenoxy) is 2. The number of anilines is 1. The number of hydrogen-bond acceptors (Lipinski definition) is 4. The molecule has 0 radical (unpaired) electrons. The normalized spacial score (nSPS) is 10.0. The van der Waals surface area contributed by atoms with E-state index in [0.29, 0.717) is 29.0 Å². The topological polar surface area (TPSA) is 64.6 Å². The van der Waals surface area contributed by atoms with E-state index >= 15 is 0 Å². The van der Waals surface area contributed by atoms with Gasteiger partial charge in [0.05, 0.1) is 12.8 Å². The van der Waals surface area contributed by atoms with Crippen molar-refractivity contribution in [3.05, 3.63) is 53.1 Å². The summed E-state index contributed by atoms with van der Waals surface area (Å²) in [6.45, 7) is 3.80. The summed E-state index contributed by atoms with van der Waals surface area (Å²) >= 11 is 0. The van der Waals surface area contributed by atoms with Gasteiger partial charge in [-0.25, -0.2) is 0 Å². The molecule has 0 heterocycles.